The Kier molecular flexibility index (Phi) is 3.13. The molecule has 2 saturated heterocycles. The van der Waals surface area contributed by atoms with Gasteiger partial charge in [-0.2, -0.15) is 0 Å². The molecular formula is C13H17NO3S. The summed E-state index contributed by atoms with van der Waals surface area (Å²) < 4.78 is 29.1. The number of hydrogen-bond donors (Lipinski definition) is 1. The Balaban J connectivity index is 1.76. The minimum atomic E-state index is -2.90. The average Bonchev–Trinajstić information content (AvgIpc) is 2.38. The first kappa shape index (κ1) is 12.1. The molecule has 3 rings (SSSR count). The summed E-state index contributed by atoms with van der Waals surface area (Å²) >= 11 is 0. The topological polar surface area (TPSA) is 55.4 Å². The smallest absolute Gasteiger partial charge is 0.152 e. The van der Waals surface area contributed by atoms with Crippen LogP contribution in [-0.2, 0) is 14.6 Å². The van der Waals surface area contributed by atoms with Crippen LogP contribution in [-0.4, -0.2) is 38.7 Å². The van der Waals surface area contributed by atoms with Crippen molar-refractivity contribution in [1.82, 2.24) is 5.32 Å². The second kappa shape index (κ2) is 4.64. The maximum atomic E-state index is 11.7. The minimum Gasteiger partial charge on any atom is -0.375 e. The Morgan fingerprint density at radius 1 is 1.22 bits per heavy atom. The van der Waals surface area contributed by atoms with Gasteiger partial charge in [0.05, 0.1) is 30.3 Å². The molecule has 18 heavy (non-hydrogen) atoms. The Bertz CT molecular complexity index is 514. The SMILES string of the molecule is O=S1(=O)CCC2OCC(c3ccccc3)NC2C1. The third kappa shape index (κ3) is 2.43. The molecule has 2 aliphatic rings. The molecule has 0 radical (unpaired) electrons. The van der Waals surface area contributed by atoms with E-state index in [4.69, 9.17) is 4.74 Å². The molecular weight excluding hydrogens is 250 g/mol. The lowest BCUT2D eigenvalue weighted by Gasteiger charge is -2.40. The number of sulfone groups is 1. The van der Waals surface area contributed by atoms with Crippen LogP contribution in [0, 0.1) is 0 Å². The molecule has 2 fully saturated rings. The molecule has 98 valence electrons. The van der Waals surface area contributed by atoms with Gasteiger partial charge in [-0.05, 0) is 12.0 Å². The molecule has 0 aliphatic carbocycles. The van der Waals surface area contributed by atoms with Gasteiger partial charge in [0, 0.05) is 6.04 Å². The van der Waals surface area contributed by atoms with E-state index in [0.717, 1.165) is 5.56 Å². The summed E-state index contributed by atoms with van der Waals surface area (Å²) in [4.78, 5) is 0. The third-order valence-corrected chi connectivity index (χ3v) is 5.41. The average molecular weight is 267 g/mol. The van der Waals surface area contributed by atoms with Crippen molar-refractivity contribution in [1.29, 1.82) is 0 Å². The zero-order valence-electron chi connectivity index (χ0n) is 10.1. The highest BCUT2D eigenvalue weighted by Gasteiger charge is 2.38. The van der Waals surface area contributed by atoms with Gasteiger partial charge in [-0.15, -0.1) is 0 Å². The lowest BCUT2D eigenvalue weighted by molar-refractivity contribution is -0.0262. The minimum absolute atomic E-state index is 0.0495. The van der Waals surface area contributed by atoms with E-state index >= 15 is 0 Å². The Morgan fingerprint density at radius 3 is 2.78 bits per heavy atom. The van der Waals surface area contributed by atoms with E-state index in [9.17, 15) is 8.42 Å². The number of morpholine rings is 1. The fraction of sp³-hybridized carbons (Fsp3) is 0.538. The summed E-state index contributed by atoms with van der Waals surface area (Å²) in [7, 11) is -2.90. The fourth-order valence-corrected chi connectivity index (χ4v) is 4.34. The van der Waals surface area contributed by atoms with Crippen LogP contribution in [0.1, 0.15) is 18.0 Å². The van der Waals surface area contributed by atoms with Crippen molar-refractivity contribution in [2.24, 2.45) is 0 Å². The van der Waals surface area contributed by atoms with Gasteiger partial charge >= 0.3 is 0 Å². The molecule has 2 heterocycles. The molecule has 0 amide bonds. The van der Waals surface area contributed by atoms with Crippen LogP contribution in [0.5, 0.6) is 0 Å². The van der Waals surface area contributed by atoms with Crippen molar-refractivity contribution in [2.45, 2.75) is 24.6 Å². The van der Waals surface area contributed by atoms with E-state index in [1.807, 2.05) is 30.3 Å². The highest BCUT2D eigenvalue weighted by atomic mass is 32.2. The molecule has 3 atom stereocenters. The normalized spacial score (nSPS) is 34.8. The largest absolute Gasteiger partial charge is 0.375 e. The predicted molar refractivity (Wildman–Crippen MR) is 69.1 cm³/mol. The molecule has 5 heteroatoms. The Hall–Kier alpha value is -0.910. The van der Waals surface area contributed by atoms with E-state index in [-0.39, 0.29) is 29.7 Å². The van der Waals surface area contributed by atoms with Gasteiger partial charge in [0.15, 0.2) is 9.84 Å². The zero-order valence-corrected chi connectivity index (χ0v) is 10.9. The second-order valence-electron chi connectivity index (χ2n) is 5.01. The van der Waals surface area contributed by atoms with E-state index in [1.165, 1.54) is 0 Å². The summed E-state index contributed by atoms with van der Waals surface area (Å²) in [6.07, 6.45) is 0.662. The molecule has 0 bridgehead atoms. The van der Waals surface area contributed by atoms with E-state index in [2.05, 4.69) is 5.32 Å². The van der Waals surface area contributed by atoms with Crippen molar-refractivity contribution in [3.63, 3.8) is 0 Å². The zero-order chi connectivity index (χ0) is 12.6. The molecule has 4 nitrogen and oxygen atoms in total. The summed E-state index contributed by atoms with van der Waals surface area (Å²) in [6, 6.07) is 10.1. The summed E-state index contributed by atoms with van der Waals surface area (Å²) in [5.41, 5.74) is 1.15. The molecule has 1 aromatic rings. The van der Waals surface area contributed by atoms with E-state index in [0.29, 0.717) is 13.0 Å². The highest BCUT2D eigenvalue weighted by Crippen LogP contribution is 2.26. The van der Waals surface area contributed by atoms with Crippen molar-refractivity contribution in [3.05, 3.63) is 35.9 Å². The van der Waals surface area contributed by atoms with Crippen LogP contribution < -0.4 is 5.32 Å². The first-order valence-corrected chi connectivity index (χ1v) is 8.09. The monoisotopic (exact) mass is 267 g/mol. The maximum Gasteiger partial charge on any atom is 0.152 e. The summed E-state index contributed by atoms with van der Waals surface area (Å²) in [5.74, 6) is 0.451. The number of rotatable bonds is 1. The Morgan fingerprint density at radius 2 is 2.00 bits per heavy atom. The van der Waals surface area contributed by atoms with Crippen LogP contribution in [0.2, 0.25) is 0 Å². The highest BCUT2D eigenvalue weighted by molar-refractivity contribution is 7.91. The van der Waals surface area contributed by atoms with Crippen LogP contribution in [0.4, 0.5) is 0 Å². The van der Waals surface area contributed by atoms with Gasteiger partial charge in [0.25, 0.3) is 0 Å². The van der Waals surface area contributed by atoms with Gasteiger partial charge in [-0.3, -0.25) is 0 Å². The fourth-order valence-electron chi connectivity index (χ4n) is 2.72. The van der Waals surface area contributed by atoms with Gasteiger partial charge in [-0.1, -0.05) is 30.3 Å². The molecule has 3 unspecified atom stereocenters. The van der Waals surface area contributed by atoms with Crippen molar-refractivity contribution < 1.29 is 13.2 Å². The molecule has 0 saturated carbocycles. The van der Waals surface area contributed by atoms with E-state index in [1.54, 1.807) is 0 Å². The van der Waals surface area contributed by atoms with Crippen LogP contribution >= 0.6 is 0 Å². The number of ether oxygens (including phenoxy) is 1. The van der Waals surface area contributed by atoms with Crippen LogP contribution in [0.25, 0.3) is 0 Å². The summed E-state index contributed by atoms with van der Waals surface area (Å²) in [5, 5.41) is 3.42. The molecule has 1 aromatic carbocycles. The first-order valence-electron chi connectivity index (χ1n) is 6.27. The number of benzene rings is 1. The third-order valence-electron chi connectivity index (χ3n) is 3.69. The Labute approximate surface area is 107 Å². The van der Waals surface area contributed by atoms with Gasteiger partial charge < -0.3 is 10.1 Å². The quantitative estimate of drug-likeness (QED) is 0.821. The predicted octanol–water partition coefficient (Wildman–Crippen LogP) is 0.903. The van der Waals surface area contributed by atoms with Crippen molar-refractivity contribution in [3.8, 4) is 0 Å². The first-order chi connectivity index (χ1) is 8.64. The van der Waals surface area contributed by atoms with Gasteiger partial charge in [0.1, 0.15) is 0 Å². The molecule has 0 spiro atoms. The van der Waals surface area contributed by atoms with Gasteiger partial charge in [0.2, 0.25) is 0 Å². The van der Waals surface area contributed by atoms with E-state index < -0.39 is 9.84 Å². The van der Waals surface area contributed by atoms with Crippen molar-refractivity contribution >= 4 is 9.84 Å². The maximum absolute atomic E-state index is 11.7. The number of hydrogen-bond acceptors (Lipinski definition) is 4. The summed E-state index contributed by atoms with van der Waals surface area (Å²) in [6.45, 7) is 0.616. The lowest BCUT2D eigenvalue weighted by Crippen LogP contribution is -2.56. The van der Waals surface area contributed by atoms with Crippen LogP contribution in [0.3, 0.4) is 0 Å². The standard InChI is InChI=1S/C13H17NO3S/c15-18(16)7-6-13-12(9-18)14-11(8-17-13)10-4-2-1-3-5-10/h1-5,11-14H,6-9H2. The lowest BCUT2D eigenvalue weighted by atomic mass is 10.0. The number of fused-ring (bicyclic) bond motifs is 1. The number of nitrogens with one attached hydrogen (secondary N) is 1. The van der Waals surface area contributed by atoms with Crippen molar-refractivity contribution in [2.75, 3.05) is 18.1 Å². The molecule has 1 N–H and O–H groups in total. The van der Waals surface area contributed by atoms with Gasteiger partial charge in [-0.25, -0.2) is 8.42 Å². The molecule has 0 aromatic heterocycles. The molecule has 2 aliphatic heterocycles. The van der Waals surface area contributed by atoms with Crippen LogP contribution in [0.15, 0.2) is 30.3 Å². The second-order valence-corrected chi connectivity index (χ2v) is 7.24.